The minimum absolute atomic E-state index is 0.0496. The van der Waals surface area contributed by atoms with E-state index in [0.717, 1.165) is 11.0 Å². The van der Waals surface area contributed by atoms with Crippen LogP contribution in [-0.2, 0) is 11.3 Å². The molecule has 1 aromatic heterocycles. The molecule has 0 spiro atoms. The van der Waals surface area contributed by atoms with Crippen LogP contribution in [0.25, 0.3) is 0 Å². The number of aldehydes is 1. The normalized spacial score (nSPS) is 13.7. The molecule has 0 bridgehead atoms. The lowest BCUT2D eigenvalue weighted by atomic mass is 10.1. The van der Waals surface area contributed by atoms with Crippen molar-refractivity contribution in [2.24, 2.45) is 0 Å². The molecule has 0 fully saturated rings. The van der Waals surface area contributed by atoms with Gasteiger partial charge in [0.15, 0.2) is 12.0 Å². The molecule has 1 aliphatic heterocycles. The van der Waals surface area contributed by atoms with E-state index in [1.165, 1.54) is 12.1 Å². The topological polar surface area (TPSA) is 67.6 Å². The van der Waals surface area contributed by atoms with Gasteiger partial charge in [-0.2, -0.15) is 0 Å². The molecule has 0 saturated heterocycles. The van der Waals surface area contributed by atoms with Gasteiger partial charge in [-0.25, -0.2) is 8.78 Å². The summed E-state index contributed by atoms with van der Waals surface area (Å²) in [6.07, 6.45) is 0.480. The summed E-state index contributed by atoms with van der Waals surface area (Å²) in [7, 11) is 0. The van der Waals surface area contributed by atoms with Crippen LogP contribution in [0.1, 0.15) is 26.7 Å². The second-order valence-electron chi connectivity index (χ2n) is 4.42. The van der Waals surface area contributed by atoms with Gasteiger partial charge in [-0.3, -0.25) is 19.3 Å². The molecule has 1 aliphatic rings. The van der Waals surface area contributed by atoms with Crippen molar-refractivity contribution in [2.45, 2.75) is 6.54 Å². The predicted molar refractivity (Wildman–Crippen MR) is 66.0 cm³/mol. The van der Waals surface area contributed by atoms with Crippen LogP contribution in [-0.4, -0.2) is 18.0 Å². The molecule has 0 unspecified atom stereocenters. The van der Waals surface area contributed by atoms with E-state index in [4.69, 9.17) is 4.42 Å². The monoisotopic (exact) mass is 291 g/mol. The van der Waals surface area contributed by atoms with E-state index >= 15 is 0 Å². The van der Waals surface area contributed by atoms with E-state index in [1.807, 2.05) is 0 Å². The van der Waals surface area contributed by atoms with Crippen LogP contribution in [0.15, 0.2) is 28.7 Å². The largest absolute Gasteiger partial charge is 0.456 e. The first kappa shape index (κ1) is 13.2. The summed E-state index contributed by atoms with van der Waals surface area (Å²) in [5, 5.41) is 0. The fourth-order valence-electron chi connectivity index (χ4n) is 2.19. The number of halogens is 2. The van der Waals surface area contributed by atoms with Gasteiger partial charge in [-0.15, -0.1) is 0 Å². The van der Waals surface area contributed by atoms with Crippen molar-refractivity contribution in [2.75, 3.05) is 4.90 Å². The van der Waals surface area contributed by atoms with Crippen molar-refractivity contribution in [3.05, 3.63) is 53.0 Å². The van der Waals surface area contributed by atoms with Crippen LogP contribution in [0, 0.1) is 11.6 Å². The maximum absolute atomic E-state index is 13.6. The standard InChI is InChI=1S/C14H7F2NO4/c15-7-3-10(16)12-11(4-7)17(14(20)13(12)19)5-8-1-2-9(6-18)21-8/h1-4,6H,5H2. The number of Topliss-reactive ketones (excluding diaryl/α,β-unsaturated/α-hetero) is 1. The van der Waals surface area contributed by atoms with Gasteiger partial charge in [0, 0.05) is 6.07 Å². The summed E-state index contributed by atoms with van der Waals surface area (Å²) in [6, 6.07) is 4.28. The maximum atomic E-state index is 13.6. The number of hydrogen-bond acceptors (Lipinski definition) is 4. The summed E-state index contributed by atoms with van der Waals surface area (Å²) in [5.74, 6) is -3.72. The zero-order valence-electron chi connectivity index (χ0n) is 10.4. The molecule has 7 heteroatoms. The van der Waals surface area contributed by atoms with Crippen molar-refractivity contribution in [3.8, 4) is 0 Å². The average Bonchev–Trinajstić information content (AvgIpc) is 2.98. The average molecular weight is 291 g/mol. The SMILES string of the molecule is O=Cc1ccc(CN2C(=O)C(=O)c3c(F)cc(F)cc32)o1. The number of rotatable bonds is 3. The summed E-state index contributed by atoms with van der Waals surface area (Å²) in [4.78, 5) is 35.1. The van der Waals surface area contributed by atoms with Crippen molar-refractivity contribution in [1.29, 1.82) is 0 Å². The minimum atomic E-state index is -1.08. The quantitative estimate of drug-likeness (QED) is 0.641. The molecular weight excluding hydrogens is 284 g/mol. The number of carbonyl (C=O) groups is 3. The molecule has 1 aromatic carbocycles. The van der Waals surface area contributed by atoms with E-state index in [9.17, 15) is 23.2 Å². The number of ketones is 1. The van der Waals surface area contributed by atoms with Crippen LogP contribution < -0.4 is 4.90 Å². The summed E-state index contributed by atoms with van der Waals surface area (Å²) in [6.45, 7) is -0.200. The molecule has 2 aromatic rings. The number of anilines is 1. The van der Waals surface area contributed by atoms with Gasteiger partial charge in [-0.05, 0) is 18.2 Å². The molecule has 106 valence electrons. The molecule has 0 atom stereocenters. The zero-order chi connectivity index (χ0) is 15.1. The number of nitrogens with zero attached hydrogens (tertiary/aromatic N) is 1. The lowest BCUT2D eigenvalue weighted by Crippen LogP contribution is -2.29. The van der Waals surface area contributed by atoms with Gasteiger partial charge in [0.1, 0.15) is 17.4 Å². The van der Waals surface area contributed by atoms with Crippen LogP contribution in [0.2, 0.25) is 0 Å². The molecular formula is C14H7F2NO4. The van der Waals surface area contributed by atoms with Gasteiger partial charge in [0.05, 0.1) is 17.8 Å². The number of amides is 1. The molecule has 0 radical (unpaired) electrons. The van der Waals surface area contributed by atoms with Crippen molar-refractivity contribution < 1.29 is 27.6 Å². The second-order valence-corrected chi connectivity index (χ2v) is 4.42. The van der Waals surface area contributed by atoms with E-state index in [2.05, 4.69) is 0 Å². The molecule has 0 N–H and O–H groups in total. The summed E-state index contributed by atoms with van der Waals surface area (Å²) >= 11 is 0. The van der Waals surface area contributed by atoms with Crippen LogP contribution >= 0.6 is 0 Å². The summed E-state index contributed by atoms with van der Waals surface area (Å²) in [5.41, 5.74) is -0.602. The van der Waals surface area contributed by atoms with Crippen LogP contribution in [0.5, 0.6) is 0 Å². The highest BCUT2D eigenvalue weighted by atomic mass is 19.1. The van der Waals surface area contributed by atoms with Crippen LogP contribution in [0.3, 0.4) is 0 Å². The maximum Gasteiger partial charge on any atom is 0.300 e. The Morgan fingerprint density at radius 2 is 1.95 bits per heavy atom. The minimum Gasteiger partial charge on any atom is -0.456 e. The Bertz CT molecular complexity index is 781. The van der Waals surface area contributed by atoms with Crippen molar-refractivity contribution in [3.63, 3.8) is 0 Å². The first-order chi connectivity index (χ1) is 10.0. The van der Waals surface area contributed by atoms with E-state index in [0.29, 0.717) is 12.4 Å². The Balaban J connectivity index is 2.03. The Labute approximate surface area is 116 Å². The van der Waals surface area contributed by atoms with E-state index in [-0.39, 0.29) is 23.8 Å². The third-order valence-electron chi connectivity index (χ3n) is 3.10. The molecule has 3 rings (SSSR count). The highest BCUT2D eigenvalue weighted by Gasteiger charge is 2.39. The van der Waals surface area contributed by atoms with Gasteiger partial charge < -0.3 is 4.42 Å². The van der Waals surface area contributed by atoms with Crippen LogP contribution in [0.4, 0.5) is 14.5 Å². The Kier molecular flexibility index (Phi) is 2.90. The number of fused-ring (bicyclic) bond motifs is 1. The first-order valence-electron chi connectivity index (χ1n) is 5.90. The van der Waals surface area contributed by atoms with Gasteiger partial charge in [0.25, 0.3) is 11.7 Å². The molecule has 0 saturated carbocycles. The second kappa shape index (κ2) is 4.62. The number of benzene rings is 1. The molecule has 21 heavy (non-hydrogen) atoms. The molecule has 1 amide bonds. The lowest BCUT2D eigenvalue weighted by Gasteiger charge is -2.14. The Morgan fingerprint density at radius 3 is 2.62 bits per heavy atom. The first-order valence-corrected chi connectivity index (χ1v) is 5.90. The number of carbonyl (C=O) groups excluding carboxylic acids is 3. The van der Waals surface area contributed by atoms with Gasteiger partial charge >= 0.3 is 0 Å². The number of furan rings is 1. The lowest BCUT2D eigenvalue weighted by molar-refractivity contribution is -0.114. The highest BCUT2D eigenvalue weighted by Crippen LogP contribution is 2.33. The fourth-order valence-corrected chi connectivity index (χ4v) is 2.19. The van der Waals surface area contributed by atoms with E-state index < -0.39 is 28.9 Å². The van der Waals surface area contributed by atoms with E-state index in [1.54, 1.807) is 0 Å². The molecule has 5 nitrogen and oxygen atoms in total. The zero-order valence-corrected chi connectivity index (χ0v) is 10.4. The highest BCUT2D eigenvalue weighted by molar-refractivity contribution is 6.52. The third kappa shape index (κ3) is 2.03. The predicted octanol–water partition coefficient (Wildman–Crippen LogP) is 2.10. The Hall–Kier alpha value is -2.83. The smallest absolute Gasteiger partial charge is 0.300 e. The third-order valence-corrected chi connectivity index (χ3v) is 3.10. The van der Waals surface area contributed by atoms with Crippen molar-refractivity contribution >= 4 is 23.7 Å². The fraction of sp³-hybridized carbons (Fsp3) is 0.0714. The van der Waals surface area contributed by atoms with Gasteiger partial charge in [-0.1, -0.05) is 0 Å². The molecule has 2 heterocycles. The van der Waals surface area contributed by atoms with Crippen molar-refractivity contribution in [1.82, 2.24) is 0 Å². The van der Waals surface area contributed by atoms with Gasteiger partial charge in [0.2, 0.25) is 0 Å². The molecule has 0 aliphatic carbocycles. The summed E-state index contributed by atoms with van der Waals surface area (Å²) < 4.78 is 32.0. The Morgan fingerprint density at radius 1 is 1.19 bits per heavy atom. The number of hydrogen-bond donors (Lipinski definition) is 0.